The molecule has 1 aliphatic rings. The van der Waals surface area contributed by atoms with E-state index in [9.17, 15) is 4.79 Å². The molecule has 0 fully saturated rings. The molecule has 0 bridgehead atoms. The van der Waals surface area contributed by atoms with Crippen LogP contribution in [-0.2, 0) is 17.8 Å². The summed E-state index contributed by atoms with van der Waals surface area (Å²) >= 11 is 0. The Bertz CT molecular complexity index is 671. The quantitative estimate of drug-likeness (QED) is 0.852. The molecule has 0 radical (unpaired) electrons. The van der Waals surface area contributed by atoms with Crippen LogP contribution in [0.2, 0.25) is 0 Å². The summed E-state index contributed by atoms with van der Waals surface area (Å²) in [6.07, 6.45) is 2.74. The first-order valence-electron chi connectivity index (χ1n) is 8.24. The Morgan fingerprint density at radius 1 is 1.26 bits per heavy atom. The highest BCUT2D eigenvalue weighted by molar-refractivity contribution is 5.98. The van der Waals surface area contributed by atoms with Gasteiger partial charge in [0.25, 0.3) is 0 Å². The lowest BCUT2D eigenvalue weighted by Gasteiger charge is -2.30. The number of para-hydroxylation sites is 1. The lowest BCUT2D eigenvalue weighted by atomic mass is 10.1. The van der Waals surface area contributed by atoms with E-state index in [1.165, 1.54) is 5.56 Å². The second-order valence-electron chi connectivity index (χ2n) is 5.93. The number of hydrogen-bond acceptors (Lipinski definition) is 3. The molecule has 120 valence electrons. The van der Waals surface area contributed by atoms with Gasteiger partial charge in [-0.15, -0.1) is 0 Å². The number of hydrogen-bond donors (Lipinski definition) is 0. The molecule has 3 rings (SSSR count). The summed E-state index contributed by atoms with van der Waals surface area (Å²) < 4.78 is 0. The van der Waals surface area contributed by atoms with Gasteiger partial charge >= 0.3 is 0 Å². The van der Waals surface area contributed by atoms with E-state index >= 15 is 0 Å². The van der Waals surface area contributed by atoms with Gasteiger partial charge in [0.2, 0.25) is 5.91 Å². The molecular weight excluding hydrogens is 286 g/mol. The summed E-state index contributed by atoms with van der Waals surface area (Å²) in [5.74, 6) is 0.174. The third kappa shape index (κ3) is 3.27. The van der Waals surface area contributed by atoms with Crippen LogP contribution in [0.1, 0.15) is 25.1 Å². The molecule has 1 amide bonds. The Hall–Kier alpha value is -2.20. The van der Waals surface area contributed by atoms with Gasteiger partial charge in [0, 0.05) is 25.0 Å². The maximum absolute atomic E-state index is 13.0. The van der Waals surface area contributed by atoms with Crippen molar-refractivity contribution in [3.63, 3.8) is 0 Å². The van der Waals surface area contributed by atoms with E-state index in [-0.39, 0.29) is 11.9 Å². The van der Waals surface area contributed by atoms with Crippen LogP contribution in [0.4, 0.5) is 5.69 Å². The van der Waals surface area contributed by atoms with E-state index in [0.717, 1.165) is 30.9 Å². The Morgan fingerprint density at radius 2 is 2.04 bits per heavy atom. The van der Waals surface area contributed by atoms with E-state index in [0.29, 0.717) is 6.54 Å². The van der Waals surface area contributed by atoms with E-state index in [1.54, 1.807) is 6.20 Å². The summed E-state index contributed by atoms with van der Waals surface area (Å²) in [6.45, 7) is 6.38. The number of amides is 1. The molecule has 0 saturated carbocycles. The molecule has 1 aromatic heterocycles. The van der Waals surface area contributed by atoms with Gasteiger partial charge in [-0.3, -0.25) is 14.7 Å². The Labute approximate surface area is 137 Å². The van der Waals surface area contributed by atoms with Gasteiger partial charge < -0.3 is 4.90 Å². The summed E-state index contributed by atoms with van der Waals surface area (Å²) in [5.41, 5.74) is 3.33. The van der Waals surface area contributed by atoms with Crippen molar-refractivity contribution in [3.05, 3.63) is 59.9 Å². The predicted octanol–water partition coefficient (Wildman–Crippen LogP) is 2.88. The molecule has 4 nitrogen and oxygen atoms in total. The maximum atomic E-state index is 13.0. The van der Waals surface area contributed by atoms with Crippen LogP contribution >= 0.6 is 0 Å². The Kier molecular flexibility index (Phi) is 4.72. The average Bonchev–Trinajstić information content (AvgIpc) is 3.03. The molecule has 1 aliphatic heterocycles. The van der Waals surface area contributed by atoms with Crippen LogP contribution in [0.3, 0.4) is 0 Å². The number of benzene rings is 1. The predicted molar refractivity (Wildman–Crippen MR) is 92.3 cm³/mol. The summed E-state index contributed by atoms with van der Waals surface area (Å²) in [5, 5.41) is 0. The highest BCUT2D eigenvalue weighted by atomic mass is 16.2. The third-order valence-electron chi connectivity index (χ3n) is 4.56. The second-order valence-corrected chi connectivity index (χ2v) is 5.93. The van der Waals surface area contributed by atoms with Crippen molar-refractivity contribution < 1.29 is 4.79 Å². The van der Waals surface area contributed by atoms with Crippen molar-refractivity contribution in [2.75, 3.05) is 18.0 Å². The van der Waals surface area contributed by atoms with Gasteiger partial charge in [0.1, 0.15) is 0 Å². The molecule has 0 N–H and O–H groups in total. The van der Waals surface area contributed by atoms with Crippen molar-refractivity contribution in [1.29, 1.82) is 0 Å². The number of nitrogens with zero attached hydrogens (tertiary/aromatic N) is 3. The number of fused-ring (bicyclic) bond motifs is 1. The standard InChI is InChI=1S/C19H23N3O/c1-3-21(14-17-9-6-7-12-20-17)15(2)19(23)22-13-11-16-8-4-5-10-18(16)22/h4-10,12,15H,3,11,13-14H2,1-2H3/t15-/m1/s1. The second kappa shape index (κ2) is 6.92. The van der Waals surface area contributed by atoms with E-state index in [1.807, 2.05) is 48.2 Å². The van der Waals surface area contributed by atoms with E-state index in [2.05, 4.69) is 22.9 Å². The van der Waals surface area contributed by atoms with Crippen molar-refractivity contribution in [1.82, 2.24) is 9.88 Å². The van der Waals surface area contributed by atoms with E-state index in [4.69, 9.17) is 0 Å². The van der Waals surface area contributed by atoms with Gasteiger partial charge in [-0.1, -0.05) is 31.2 Å². The van der Waals surface area contributed by atoms with Crippen LogP contribution in [-0.4, -0.2) is 34.9 Å². The van der Waals surface area contributed by atoms with Gasteiger partial charge in [0.15, 0.2) is 0 Å². The SMILES string of the molecule is CCN(Cc1ccccn1)[C@H](C)C(=O)N1CCc2ccccc21. The van der Waals surface area contributed by atoms with Crippen LogP contribution < -0.4 is 4.90 Å². The topological polar surface area (TPSA) is 36.4 Å². The smallest absolute Gasteiger partial charge is 0.244 e. The number of carbonyl (C=O) groups excluding carboxylic acids is 1. The van der Waals surface area contributed by atoms with Crippen molar-refractivity contribution in [2.24, 2.45) is 0 Å². The zero-order valence-corrected chi connectivity index (χ0v) is 13.8. The van der Waals surface area contributed by atoms with Crippen molar-refractivity contribution in [3.8, 4) is 0 Å². The number of aromatic nitrogens is 1. The Morgan fingerprint density at radius 3 is 2.78 bits per heavy atom. The molecule has 4 heteroatoms. The van der Waals surface area contributed by atoms with Crippen LogP contribution in [0.15, 0.2) is 48.7 Å². The first kappa shape index (κ1) is 15.7. The molecule has 0 unspecified atom stereocenters. The van der Waals surface area contributed by atoms with Crippen LogP contribution in [0.5, 0.6) is 0 Å². The number of likely N-dealkylation sites (N-methyl/N-ethyl adjacent to an activating group) is 1. The average molecular weight is 309 g/mol. The first-order chi connectivity index (χ1) is 11.2. The van der Waals surface area contributed by atoms with Gasteiger partial charge in [-0.05, 0) is 43.7 Å². The molecule has 2 aromatic rings. The fourth-order valence-corrected chi connectivity index (χ4v) is 3.17. The number of rotatable bonds is 5. The minimum absolute atomic E-state index is 0.159. The fraction of sp³-hybridized carbons (Fsp3) is 0.368. The van der Waals surface area contributed by atoms with Gasteiger partial charge in [-0.2, -0.15) is 0 Å². The zero-order valence-electron chi connectivity index (χ0n) is 13.8. The summed E-state index contributed by atoms with van der Waals surface area (Å²) in [4.78, 5) is 21.4. The van der Waals surface area contributed by atoms with Crippen LogP contribution in [0.25, 0.3) is 0 Å². The molecular formula is C19H23N3O. The fourth-order valence-electron chi connectivity index (χ4n) is 3.17. The molecule has 1 atom stereocenters. The maximum Gasteiger partial charge on any atom is 0.244 e. The number of pyridine rings is 1. The van der Waals surface area contributed by atoms with Gasteiger partial charge in [-0.25, -0.2) is 0 Å². The Balaban J connectivity index is 1.74. The largest absolute Gasteiger partial charge is 0.310 e. The minimum Gasteiger partial charge on any atom is -0.310 e. The summed E-state index contributed by atoms with van der Waals surface area (Å²) in [6, 6.07) is 13.9. The van der Waals surface area contributed by atoms with E-state index < -0.39 is 0 Å². The van der Waals surface area contributed by atoms with Crippen molar-refractivity contribution in [2.45, 2.75) is 32.9 Å². The lowest BCUT2D eigenvalue weighted by molar-refractivity contribution is -0.123. The lowest BCUT2D eigenvalue weighted by Crippen LogP contribution is -2.46. The normalized spacial score (nSPS) is 14.8. The highest BCUT2D eigenvalue weighted by Gasteiger charge is 2.30. The number of anilines is 1. The first-order valence-corrected chi connectivity index (χ1v) is 8.24. The highest BCUT2D eigenvalue weighted by Crippen LogP contribution is 2.28. The molecule has 1 aromatic carbocycles. The number of carbonyl (C=O) groups is 1. The zero-order chi connectivity index (χ0) is 16.2. The minimum atomic E-state index is -0.159. The monoisotopic (exact) mass is 309 g/mol. The third-order valence-corrected chi connectivity index (χ3v) is 4.56. The van der Waals surface area contributed by atoms with Crippen molar-refractivity contribution >= 4 is 11.6 Å². The molecule has 0 aliphatic carbocycles. The summed E-state index contributed by atoms with van der Waals surface area (Å²) in [7, 11) is 0. The molecule has 2 heterocycles. The molecule has 0 saturated heterocycles. The molecule has 23 heavy (non-hydrogen) atoms. The van der Waals surface area contributed by atoms with Gasteiger partial charge in [0.05, 0.1) is 11.7 Å². The van der Waals surface area contributed by atoms with Crippen LogP contribution in [0, 0.1) is 0 Å². The molecule has 0 spiro atoms.